The van der Waals surface area contributed by atoms with E-state index in [4.69, 9.17) is 11.6 Å². The second kappa shape index (κ2) is 7.44. The van der Waals surface area contributed by atoms with Crippen LogP contribution in [-0.2, 0) is 12.8 Å². The van der Waals surface area contributed by atoms with Crippen LogP contribution in [0.15, 0.2) is 35.3 Å². The molecular formula is C20H22ClN3O2S. The molecule has 0 amide bonds. The minimum Gasteiger partial charge on any atom is -0.328 e. The number of halogens is 1. The van der Waals surface area contributed by atoms with E-state index >= 15 is 0 Å². The number of aromatic nitrogens is 3. The van der Waals surface area contributed by atoms with E-state index in [-0.39, 0.29) is 11.5 Å². The Bertz CT molecular complexity index is 1040. The number of hydrogen-bond acceptors (Lipinski definition) is 4. The number of nitrogens with zero attached hydrogens (tertiary/aromatic N) is 2. The third kappa shape index (κ3) is 4.39. The number of H-pyrrole nitrogens is 1. The fraction of sp³-hybridized carbons (Fsp3) is 0.350. The van der Waals surface area contributed by atoms with Crippen LogP contribution < -0.4 is 5.56 Å². The van der Waals surface area contributed by atoms with E-state index in [1.807, 2.05) is 39.0 Å². The largest absolute Gasteiger partial charge is 0.328 e. The summed E-state index contributed by atoms with van der Waals surface area (Å²) in [5.41, 5.74) is 2.24. The highest BCUT2D eigenvalue weighted by atomic mass is 35.5. The van der Waals surface area contributed by atoms with Crippen LogP contribution in [0.3, 0.4) is 0 Å². The van der Waals surface area contributed by atoms with Crippen molar-refractivity contribution in [3.8, 4) is 11.3 Å². The van der Waals surface area contributed by atoms with Crippen LogP contribution in [0.4, 0.5) is 0 Å². The summed E-state index contributed by atoms with van der Waals surface area (Å²) >= 11 is 7.56. The van der Waals surface area contributed by atoms with Gasteiger partial charge in [0.05, 0.1) is 10.0 Å². The standard InChI is InChI=1S/C20H22ClN3O2S/c1-12-9-13(11-22-18(12)25)16-10-14(5-6-15-7-8-17(21)27-15)24(23-16)19(26)20(2,3)4/h7-11H,5-6H2,1-4H3,(H,22,25). The molecule has 7 heteroatoms. The lowest BCUT2D eigenvalue weighted by Gasteiger charge is -2.17. The number of rotatable bonds is 4. The van der Waals surface area contributed by atoms with E-state index < -0.39 is 5.41 Å². The first-order valence-corrected chi connectivity index (χ1v) is 9.92. The van der Waals surface area contributed by atoms with Crippen LogP contribution in [0.1, 0.15) is 41.7 Å². The topological polar surface area (TPSA) is 67.8 Å². The van der Waals surface area contributed by atoms with Crippen LogP contribution >= 0.6 is 22.9 Å². The molecule has 3 rings (SSSR count). The van der Waals surface area contributed by atoms with Crippen molar-refractivity contribution in [2.24, 2.45) is 5.41 Å². The molecule has 3 aromatic rings. The Hall–Kier alpha value is -2.18. The third-order valence-electron chi connectivity index (χ3n) is 4.26. The molecule has 1 N–H and O–H groups in total. The molecule has 0 saturated carbocycles. The number of hydrogen-bond donors (Lipinski definition) is 1. The molecule has 0 aromatic carbocycles. The Morgan fingerprint density at radius 3 is 2.59 bits per heavy atom. The molecule has 0 spiro atoms. The van der Waals surface area contributed by atoms with Crippen LogP contribution in [0.2, 0.25) is 4.34 Å². The number of carbonyl (C=O) groups excluding carboxylic acids is 1. The zero-order chi connectivity index (χ0) is 19.8. The molecule has 0 unspecified atom stereocenters. The molecule has 0 atom stereocenters. The van der Waals surface area contributed by atoms with Crippen molar-refractivity contribution in [3.05, 3.63) is 61.3 Å². The molecule has 0 aliphatic carbocycles. The van der Waals surface area contributed by atoms with E-state index in [9.17, 15) is 9.59 Å². The first kappa shape index (κ1) is 19.6. The van der Waals surface area contributed by atoms with Gasteiger partial charge in [-0.1, -0.05) is 32.4 Å². The fourth-order valence-electron chi connectivity index (χ4n) is 2.72. The minimum atomic E-state index is -0.550. The Labute approximate surface area is 167 Å². The fourth-order valence-corrected chi connectivity index (χ4v) is 3.80. The molecule has 27 heavy (non-hydrogen) atoms. The Kier molecular flexibility index (Phi) is 5.40. The predicted molar refractivity (Wildman–Crippen MR) is 110 cm³/mol. The van der Waals surface area contributed by atoms with Crippen molar-refractivity contribution in [1.82, 2.24) is 14.8 Å². The van der Waals surface area contributed by atoms with Crippen LogP contribution in [-0.4, -0.2) is 20.7 Å². The van der Waals surface area contributed by atoms with Gasteiger partial charge in [0.2, 0.25) is 0 Å². The van der Waals surface area contributed by atoms with E-state index in [2.05, 4.69) is 10.1 Å². The molecule has 5 nitrogen and oxygen atoms in total. The molecule has 0 aliphatic rings. The summed E-state index contributed by atoms with van der Waals surface area (Å²) in [7, 11) is 0. The molecule has 0 fully saturated rings. The van der Waals surface area contributed by atoms with E-state index in [0.29, 0.717) is 17.7 Å². The van der Waals surface area contributed by atoms with Gasteiger partial charge in [-0.15, -0.1) is 11.3 Å². The van der Waals surface area contributed by atoms with Crippen molar-refractivity contribution in [1.29, 1.82) is 0 Å². The first-order valence-electron chi connectivity index (χ1n) is 8.73. The lowest BCUT2D eigenvalue weighted by atomic mass is 9.95. The minimum absolute atomic E-state index is 0.0610. The van der Waals surface area contributed by atoms with Gasteiger partial charge in [-0.3, -0.25) is 9.59 Å². The van der Waals surface area contributed by atoms with Crippen LogP contribution in [0.5, 0.6) is 0 Å². The normalized spacial score (nSPS) is 11.7. The van der Waals surface area contributed by atoms with Gasteiger partial charge >= 0.3 is 0 Å². The van der Waals surface area contributed by atoms with E-state index in [1.165, 1.54) is 4.68 Å². The molecular weight excluding hydrogens is 382 g/mol. The average molecular weight is 404 g/mol. The molecule has 0 aliphatic heterocycles. The first-order chi connectivity index (χ1) is 12.6. The second-order valence-corrected chi connectivity index (χ2v) is 9.39. The highest BCUT2D eigenvalue weighted by molar-refractivity contribution is 7.16. The Morgan fingerprint density at radius 2 is 2.00 bits per heavy atom. The van der Waals surface area contributed by atoms with Crippen molar-refractivity contribution in [3.63, 3.8) is 0 Å². The lowest BCUT2D eigenvalue weighted by molar-refractivity contribution is 0.0745. The molecule has 0 radical (unpaired) electrons. The van der Waals surface area contributed by atoms with Gasteiger partial charge < -0.3 is 4.98 Å². The summed E-state index contributed by atoms with van der Waals surface area (Å²) in [6.07, 6.45) is 3.09. The van der Waals surface area contributed by atoms with Gasteiger partial charge in [0.25, 0.3) is 11.5 Å². The SMILES string of the molecule is Cc1cc(-c2cc(CCc3ccc(Cl)s3)n(C(=O)C(C)(C)C)n2)c[nH]c1=O. The van der Waals surface area contributed by atoms with Crippen LogP contribution in [0, 0.1) is 12.3 Å². The van der Waals surface area contributed by atoms with Gasteiger partial charge in [0, 0.05) is 33.3 Å². The van der Waals surface area contributed by atoms with Gasteiger partial charge in [-0.05, 0) is 44.0 Å². The molecule has 0 bridgehead atoms. The maximum atomic E-state index is 12.9. The molecule has 142 valence electrons. The number of nitrogens with one attached hydrogen (secondary N) is 1. The number of aryl methyl sites for hydroxylation is 3. The third-order valence-corrected chi connectivity index (χ3v) is 5.55. The maximum absolute atomic E-state index is 12.9. The summed E-state index contributed by atoms with van der Waals surface area (Å²) in [4.78, 5) is 28.4. The summed E-state index contributed by atoms with van der Waals surface area (Å²) in [6.45, 7) is 7.39. The highest BCUT2D eigenvalue weighted by Crippen LogP contribution is 2.26. The quantitative estimate of drug-likeness (QED) is 0.684. The summed E-state index contributed by atoms with van der Waals surface area (Å²) in [6, 6.07) is 7.60. The molecule has 3 aromatic heterocycles. The maximum Gasteiger partial charge on any atom is 0.252 e. The van der Waals surface area contributed by atoms with Crippen molar-refractivity contribution in [2.75, 3.05) is 0 Å². The number of aromatic amines is 1. The highest BCUT2D eigenvalue weighted by Gasteiger charge is 2.26. The number of thiophene rings is 1. The van der Waals surface area contributed by atoms with Gasteiger partial charge in [0.15, 0.2) is 0 Å². The average Bonchev–Trinajstić information content (AvgIpc) is 3.20. The van der Waals surface area contributed by atoms with E-state index in [0.717, 1.165) is 26.9 Å². The molecule has 3 heterocycles. The number of carbonyl (C=O) groups is 1. The Morgan fingerprint density at radius 1 is 1.26 bits per heavy atom. The zero-order valence-electron chi connectivity index (χ0n) is 15.8. The van der Waals surface area contributed by atoms with Gasteiger partial charge in [0.1, 0.15) is 0 Å². The lowest BCUT2D eigenvalue weighted by Crippen LogP contribution is -2.29. The Balaban J connectivity index is 1.98. The summed E-state index contributed by atoms with van der Waals surface area (Å²) in [5, 5.41) is 4.56. The van der Waals surface area contributed by atoms with Crippen molar-refractivity contribution >= 4 is 28.8 Å². The number of pyridine rings is 1. The van der Waals surface area contributed by atoms with Crippen LogP contribution in [0.25, 0.3) is 11.3 Å². The summed E-state index contributed by atoms with van der Waals surface area (Å²) < 4.78 is 2.26. The van der Waals surface area contributed by atoms with Crippen molar-refractivity contribution in [2.45, 2.75) is 40.5 Å². The van der Waals surface area contributed by atoms with Gasteiger partial charge in [-0.2, -0.15) is 5.10 Å². The van der Waals surface area contributed by atoms with Crippen molar-refractivity contribution < 1.29 is 4.79 Å². The zero-order valence-corrected chi connectivity index (χ0v) is 17.4. The smallest absolute Gasteiger partial charge is 0.252 e. The van der Waals surface area contributed by atoms with E-state index in [1.54, 1.807) is 30.5 Å². The van der Waals surface area contributed by atoms with Gasteiger partial charge in [-0.25, -0.2) is 4.68 Å². The second-order valence-electron chi connectivity index (χ2n) is 7.59. The summed E-state index contributed by atoms with van der Waals surface area (Å²) in [5.74, 6) is -0.0610. The molecule has 0 saturated heterocycles. The predicted octanol–water partition coefficient (Wildman–Crippen LogP) is 4.73. The monoisotopic (exact) mass is 403 g/mol.